The molecule has 0 fully saturated rings. The van der Waals surface area contributed by atoms with Gasteiger partial charge in [0.2, 0.25) is 3.79 Å². The highest BCUT2D eigenvalue weighted by Gasteiger charge is 2.36. The monoisotopic (exact) mass is 293 g/mol. The van der Waals surface area contributed by atoms with Gasteiger partial charge < -0.3 is 0 Å². The van der Waals surface area contributed by atoms with Crippen LogP contribution < -0.4 is 0 Å². The fourth-order valence-corrected chi connectivity index (χ4v) is 2.25. The van der Waals surface area contributed by atoms with E-state index in [9.17, 15) is 4.79 Å². The third-order valence-corrected chi connectivity index (χ3v) is 3.01. The largest absolute Gasteiger partial charge is 0.294 e. The molecule has 84 valence electrons. The zero-order valence-corrected chi connectivity index (χ0v) is 11.0. The predicted molar refractivity (Wildman–Crippen MR) is 69.5 cm³/mol. The summed E-state index contributed by atoms with van der Waals surface area (Å²) in [5.74, 6) is -0.216. The quantitative estimate of drug-likeness (QED) is 0.586. The minimum absolute atomic E-state index is 0.0377. The molecule has 1 aliphatic rings. The van der Waals surface area contributed by atoms with Gasteiger partial charge in [-0.1, -0.05) is 65.2 Å². The van der Waals surface area contributed by atoms with Crippen molar-refractivity contribution in [1.82, 2.24) is 4.90 Å². The van der Waals surface area contributed by atoms with Crippen molar-refractivity contribution in [2.45, 2.75) is 3.79 Å². The van der Waals surface area contributed by atoms with Crippen LogP contribution >= 0.6 is 47.0 Å². The summed E-state index contributed by atoms with van der Waals surface area (Å²) < 4.78 is -1.53. The first-order chi connectivity index (χ1) is 7.40. The molecule has 2 nitrogen and oxygen atoms in total. The molecule has 6 heteroatoms. The summed E-state index contributed by atoms with van der Waals surface area (Å²) in [6.07, 6.45) is 0. The van der Waals surface area contributed by atoms with E-state index in [1.807, 2.05) is 6.07 Å². The van der Waals surface area contributed by atoms with Crippen LogP contribution in [0.2, 0.25) is 0 Å². The van der Waals surface area contributed by atoms with Crippen LogP contribution in [-0.2, 0) is 0 Å². The topological polar surface area (TPSA) is 20.3 Å². The van der Waals surface area contributed by atoms with E-state index in [1.54, 1.807) is 18.2 Å². The Morgan fingerprint density at radius 2 is 1.75 bits per heavy atom. The Morgan fingerprint density at radius 1 is 1.19 bits per heavy atom. The molecule has 16 heavy (non-hydrogen) atoms. The molecule has 1 aromatic carbocycles. The molecule has 2 rings (SSSR count). The minimum atomic E-state index is -1.53. The number of amides is 1. The van der Waals surface area contributed by atoms with Crippen LogP contribution in [-0.4, -0.2) is 26.1 Å². The van der Waals surface area contributed by atoms with Gasteiger partial charge in [0, 0.05) is 5.56 Å². The summed E-state index contributed by atoms with van der Waals surface area (Å²) in [6.45, 7) is -0.0377. The lowest BCUT2D eigenvalue weighted by Gasteiger charge is -2.20. The second kappa shape index (κ2) is 4.15. The fraction of sp³-hybridized carbons (Fsp3) is 0.200. The molecule has 0 saturated heterocycles. The van der Waals surface area contributed by atoms with Crippen molar-refractivity contribution in [3.63, 3.8) is 0 Å². The number of thiocarbonyl (C=S) groups is 1. The highest BCUT2D eigenvalue weighted by molar-refractivity contribution is 7.80. The Kier molecular flexibility index (Phi) is 3.14. The van der Waals surface area contributed by atoms with Crippen molar-refractivity contribution in [2.75, 3.05) is 6.54 Å². The molecule has 0 saturated carbocycles. The summed E-state index contributed by atoms with van der Waals surface area (Å²) in [5.41, 5.74) is 1.28. The van der Waals surface area contributed by atoms with Crippen LogP contribution in [0.1, 0.15) is 15.9 Å². The second-order valence-electron chi connectivity index (χ2n) is 3.36. The van der Waals surface area contributed by atoms with Crippen molar-refractivity contribution in [3.8, 4) is 0 Å². The Morgan fingerprint density at radius 3 is 2.25 bits per heavy atom. The van der Waals surface area contributed by atoms with Crippen molar-refractivity contribution in [1.29, 1.82) is 0 Å². The molecule has 1 amide bonds. The first-order valence-electron chi connectivity index (χ1n) is 4.42. The van der Waals surface area contributed by atoms with Crippen LogP contribution in [0.4, 0.5) is 0 Å². The van der Waals surface area contributed by atoms with E-state index >= 15 is 0 Å². The van der Waals surface area contributed by atoms with Crippen molar-refractivity contribution >= 4 is 57.9 Å². The number of benzene rings is 1. The number of hydrogen-bond acceptors (Lipinski definition) is 2. The van der Waals surface area contributed by atoms with Gasteiger partial charge >= 0.3 is 0 Å². The van der Waals surface area contributed by atoms with Gasteiger partial charge in [0.05, 0.1) is 12.1 Å². The summed E-state index contributed by atoms with van der Waals surface area (Å²) in [4.78, 5) is 13.7. The average molecular weight is 295 g/mol. The SMILES string of the molecule is O=C1c2ccccc2C(=S)N1CC(Cl)(Cl)Cl. The first kappa shape index (κ1) is 12.1. The van der Waals surface area contributed by atoms with E-state index in [0.717, 1.165) is 5.56 Å². The van der Waals surface area contributed by atoms with E-state index in [1.165, 1.54) is 4.90 Å². The second-order valence-corrected chi connectivity index (χ2v) is 6.26. The number of carbonyl (C=O) groups is 1. The Balaban J connectivity index is 2.36. The van der Waals surface area contributed by atoms with Gasteiger partial charge in [0.25, 0.3) is 5.91 Å². The van der Waals surface area contributed by atoms with E-state index in [2.05, 4.69) is 0 Å². The van der Waals surface area contributed by atoms with Crippen LogP contribution in [0.15, 0.2) is 24.3 Å². The van der Waals surface area contributed by atoms with Gasteiger partial charge in [0.15, 0.2) is 0 Å². The summed E-state index contributed by atoms with van der Waals surface area (Å²) in [7, 11) is 0. The van der Waals surface area contributed by atoms with Crippen LogP contribution in [0.3, 0.4) is 0 Å². The molecule has 0 spiro atoms. The zero-order chi connectivity index (χ0) is 11.9. The van der Waals surface area contributed by atoms with E-state index in [4.69, 9.17) is 47.0 Å². The number of halogens is 3. The van der Waals surface area contributed by atoms with E-state index < -0.39 is 3.79 Å². The summed E-state index contributed by atoms with van der Waals surface area (Å²) in [6, 6.07) is 7.09. The zero-order valence-electron chi connectivity index (χ0n) is 7.91. The first-order valence-corrected chi connectivity index (χ1v) is 5.96. The Bertz CT molecular complexity index is 434. The van der Waals surface area contributed by atoms with Crippen molar-refractivity contribution < 1.29 is 4.79 Å². The number of fused-ring (bicyclic) bond motifs is 1. The molecule has 1 aliphatic heterocycles. The summed E-state index contributed by atoms with van der Waals surface area (Å²) >= 11 is 22.2. The van der Waals surface area contributed by atoms with Gasteiger partial charge in [-0.25, -0.2) is 0 Å². The molecule has 0 N–H and O–H groups in total. The van der Waals surface area contributed by atoms with Crippen LogP contribution in [0, 0.1) is 0 Å². The lowest BCUT2D eigenvalue weighted by atomic mass is 10.1. The minimum Gasteiger partial charge on any atom is -0.294 e. The van der Waals surface area contributed by atoms with Gasteiger partial charge in [-0.15, -0.1) is 0 Å². The fourth-order valence-electron chi connectivity index (χ4n) is 1.56. The van der Waals surface area contributed by atoms with Crippen LogP contribution in [0.5, 0.6) is 0 Å². The van der Waals surface area contributed by atoms with Crippen molar-refractivity contribution in [2.24, 2.45) is 0 Å². The summed E-state index contributed by atoms with van der Waals surface area (Å²) in [5, 5.41) is 0. The van der Waals surface area contributed by atoms with E-state index in [0.29, 0.717) is 10.6 Å². The van der Waals surface area contributed by atoms with Gasteiger partial charge in [-0.3, -0.25) is 9.69 Å². The maximum Gasteiger partial charge on any atom is 0.259 e. The van der Waals surface area contributed by atoms with E-state index in [-0.39, 0.29) is 12.5 Å². The third-order valence-electron chi connectivity index (χ3n) is 2.22. The number of rotatable bonds is 1. The van der Waals surface area contributed by atoms with Gasteiger partial charge in [0.1, 0.15) is 4.99 Å². The molecular formula is C10H6Cl3NOS. The number of carbonyl (C=O) groups excluding carboxylic acids is 1. The standard InChI is InChI=1S/C10H6Cl3NOS/c11-10(12,13)5-14-8(15)6-3-1-2-4-7(6)9(14)16/h1-4H,5H2. The molecule has 1 heterocycles. The normalized spacial score (nSPS) is 15.6. The Labute approximate surface area is 113 Å². The molecule has 0 radical (unpaired) electrons. The average Bonchev–Trinajstić information content (AvgIpc) is 2.43. The maximum absolute atomic E-state index is 11.9. The molecule has 0 unspecified atom stereocenters. The molecule has 0 bridgehead atoms. The molecule has 0 atom stereocenters. The molecule has 1 aromatic rings. The molecule has 0 aliphatic carbocycles. The predicted octanol–water partition coefficient (Wildman–Crippen LogP) is 3.19. The highest BCUT2D eigenvalue weighted by Crippen LogP contribution is 2.31. The van der Waals surface area contributed by atoms with Gasteiger partial charge in [-0.2, -0.15) is 0 Å². The lowest BCUT2D eigenvalue weighted by Crippen LogP contribution is -2.36. The van der Waals surface area contributed by atoms with Crippen LogP contribution in [0.25, 0.3) is 0 Å². The highest BCUT2D eigenvalue weighted by atomic mass is 35.6. The maximum atomic E-state index is 11.9. The third kappa shape index (κ3) is 2.18. The van der Waals surface area contributed by atoms with Gasteiger partial charge in [-0.05, 0) is 6.07 Å². The molecule has 0 aromatic heterocycles. The lowest BCUT2D eigenvalue weighted by molar-refractivity contribution is 0.0863. The molecular weight excluding hydrogens is 289 g/mol. The Hall–Kier alpha value is -0.350. The van der Waals surface area contributed by atoms with Crippen molar-refractivity contribution in [3.05, 3.63) is 35.4 Å². The smallest absolute Gasteiger partial charge is 0.259 e. The number of nitrogens with zero attached hydrogens (tertiary/aromatic N) is 1. The number of alkyl halides is 3. The number of hydrogen-bond donors (Lipinski definition) is 0.